The van der Waals surface area contributed by atoms with Gasteiger partial charge in [-0.05, 0) is 55.8 Å². The Morgan fingerprint density at radius 3 is 2.41 bits per heavy atom. The molecule has 9 heteroatoms. The molecule has 5 N–H and O–H groups in total. The summed E-state index contributed by atoms with van der Waals surface area (Å²) in [7, 11) is 0. The normalized spacial score (nSPS) is 11.9. The second-order valence-corrected chi connectivity index (χ2v) is 9.15. The minimum absolute atomic E-state index is 0.0577. The van der Waals surface area contributed by atoms with E-state index in [0.717, 1.165) is 29.1 Å². The Balaban J connectivity index is 2.54. The second kappa shape index (κ2) is 11.1. The number of hydrogen-bond donors (Lipinski definition) is 3. The Hall–Kier alpha value is -2.94. The molecule has 0 saturated carbocycles. The van der Waals surface area contributed by atoms with Gasteiger partial charge in [0.1, 0.15) is 10.9 Å². The molecule has 1 heterocycles. The van der Waals surface area contributed by atoms with Crippen LogP contribution in [0.3, 0.4) is 0 Å². The molecule has 32 heavy (non-hydrogen) atoms. The summed E-state index contributed by atoms with van der Waals surface area (Å²) in [6, 6.07) is 4.95. The van der Waals surface area contributed by atoms with Crippen LogP contribution in [0.5, 0.6) is 0 Å². The van der Waals surface area contributed by atoms with Gasteiger partial charge < -0.3 is 16.8 Å². The zero-order valence-electron chi connectivity index (χ0n) is 19.4. The van der Waals surface area contributed by atoms with Gasteiger partial charge in [-0.3, -0.25) is 19.3 Å². The first-order chi connectivity index (χ1) is 15.1. The number of hydrogen-bond acceptors (Lipinski definition) is 6. The van der Waals surface area contributed by atoms with Crippen molar-refractivity contribution < 1.29 is 14.4 Å². The van der Waals surface area contributed by atoms with Crippen LogP contribution >= 0.6 is 11.5 Å². The molecule has 0 aliphatic heterocycles. The fourth-order valence-electron chi connectivity index (χ4n) is 3.49. The van der Waals surface area contributed by atoms with Crippen LogP contribution in [0.1, 0.15) is 71.3 Å². The van der Waals surface area contributed by atoms with Gasteiger partial charge in [0.05, 0.1) is 5.69 Å². The third kappa shape index (κ3) is 5.85. The molecule has 0 spiro atoms. The van der Waals surface area contributed by atoms with E-state index in [0.29, 0.717) is 31.0 Å². The lowest BCUT2D eigenvalue weighted by Crippen LogP contribution is -2.50. The molecule has 8 nitrogen and oxygen atoms in total. The zero-order chi connectivity index (χ0) is 24.0. The van der Waals surface area contributed by atoms with Crippen molar-refractivity contribution in [2.45, 2.75) is 59.9 Å². The number of anilines is 2. The fourth-order valence-corrected chi connectivity index (χ4v) is 4.23. The molecule has 2 aromatic rings. The molecule has 0 aliphatic rings. The van der Waals surface area contributed by atoms with Crippen molar-refractivity contribution in [3.63, 3.8) is 0 Å². The minimum Gasteiger partial charge on any atom is -0.395 e. The van der Waals surface area contributed by atoms with Crippen LogP contribution in [0.25, 0.3) is 0 Å². The van der Waals surface area contributed by atoms with E-state index in [1.165, 1.54) is 4.90 Å². The summed E-state index contributed by atoms with van der Waals surface area (Å²) in [5.74, 6) is -1.05. The summed E-state index contributed by atoms with van der Waals surface area (Å²) in [6.07, 6.45) is 2.00. The number of benzene rings is 1. The van der Waals surface area contributed by atoms with Crippen molar-refractivity contribution in [1.82, 2.24) is 9.69 Å². The average molecular weight is 460 g/mol. The summed E-state index contributed by atoms with van der Waals surface area (Å²) in [4.78, 5) is 40.1. The maximum atomic E-state index is 13.7. The number of carbonyl (C=O) groups excluding carboxylic acids is 3. The lowest BCUT2D eigenvalue weighted by molar-refractivity contribution is -0.122. The van der Waals surface area contributed by atoms with Gasteiger partial charge in [-0.1, -0.05) is 44.9 Å². The maximum Gasteiger partial charge on any atom is 0.272 e. The number of aromatic nitrogens is 1. The molecule has 1 aromatic heterocycles. The first kappa shape index (κ1) is 25.3. The largest absolute Gasteiger partial charge is 0.395 e. The van der Waals surface area contributed by atoms with Crippen molar-refractivity contribution in [2.75, 3.05) is 17.2 Å². The van der Waals surface area contributed by atoms with E-state index >= 15 is 0 Å². The van der Waals surface area contributed by atoms with Gasteiger partial charge in [0.15, 0.2) is 5.69 Å². The molecule has 174 valence electrons. The number of nitrogens with zero attached hydrogens (tertiary/aromatic N) is 2. The number of nitrogen functional groups attached to an aromatic ring is 1. The molecular formula is C23H33N5O3S. The van der Waals surface area contributed by atoms with E-state index in [9.17, 15) is 14.4 Å². The number of primary amides is 1. The summed E-state index contributed by atoms with van der Waals surface area (Å²) >= 11 is 0.815. The quantitative estimate of drug-likeness (QED) is 0.501. The maximum absolute atomic E-state index is 13.7. The molecule has 0 bridgehead atoms. The van der Waals surface area contributed by atoms with E-state index < -0.39 is 17.9 Å². The topological polar surface area (TPSA) is 131 Å². The molecule has 1 aromatic carbocycles. The fraction of sp³-hybridized carbons (Fsp3) is 0.478. The van der Waals surface area contributed by atoms with Crippen LogP contribution in [0.4, 0.5) is 11.4 Å². The number of nitrogens with two attached hydrogens (primary N) is 2. The highest BCUT2D eigenvalue weighted by molar-refractivity contribution is 7.09. The second-order valence-electron chi connectivity index (χ2n) is 8.38. The molecule has 1 atom stereocenters. The Morgan fingerprint density at radius 1 is 1.19 bits per heavy atom. The molecule has 0 aliphatic carbocycles. The van der Waals surface area contributed by atoms with Gasteiger partial charge in [0.2, 0.25) is 5.91 Å². The Bertz CT molecular complexity index is 986. The highest BCUT2D eigenvalue weighted by Gasteiger charge is 2.35. The minimum atomic E-state index is -0.799. The number of rotatable bonds is 10. The highest BCUT2D eigenvalue weighted by Crippen LogP contribution is 2.31. The van der Waals surface area contributed by atoms with Gasteiger partial charge in [0.25, 0.3) is 11.8 Å². The summed E-state index contributed by atoms with van der Waals surface area (Å²) in [5, 5.41) is 2.97. The summed E-state index contributed by atoms with van der Waals surface area (Å²) in [5.41, 5.74) is 13.7. The number of nitrogens with one attached hydrogen (secondary N) is 1. The smallest absolute Gasteiger partial charge is 0.272 e. The van der Waals surface area contributed by atoms with Crippen molar-refractivity contribution in [2.24, 2.45) is 11.7 Å². The van der Waals surface area contributed by atoms with E-state index in [1.807, 2.05) is 39.0 Å². The van der Waals surface area contributed by atoms with Gasteiger partial charge >= 0.3 is 0 Å². The van der Waals surface area contributed by atoms with E-state index in [2.05, 4.69) is 23.5 Å². The molecule has 0 unspecified atom stereocenters. The third-order valence-corrected chi connectivity index (χ3v) is 6.03. The molecule has 0 radical (unpaired) electrons. The SMILES string of the molecule is CCC[C@@H](C(=O)NCCC(C)C)N(C(=O)c1snc(C(N)=O)c1N)c1ccc(C)cc1C. The predicted molar refractivity (Wildman–Crippen MR) is 129 cm³/mol. The Labute approximate surface area is 193 Å². The van der Waals surface area contributed by atoms with Crippen LogP contribution in [0.2, 0.25) is 0 Å². The number of amides is 3. The van der Waals surface area contributed by atoms with Crippen LogP contribution < -0.4 is 21.7 Å². The van der Waals surface area contributed by atoms with Crippen LogP contribution in [-0.2, 0) is 4.79 Å². The Morgan fingerprint density at radius 2 is 1.88 bits per heavy atom. The van der Waals surface area contributed by atoms with Gasteiger partial charge in [-0.15, -0.1) is 0 Å². The lowest BCUT2D eigenvalue weighted by Gasteiger charge is -2.32. The average Bonchev–Trinajstić information content (AvgIpc) is 3.10. The van der Waals surface area contributed by atoms with Crippen molar-refractivity contribution in [3.05, 3.63) is 39.9 Å². The van der Waals surface area contributed by atoms with Gasteiger partial charge in [-0.2, -0.15) is 4.37 Å². The molecular weight excluding hydrogens is 426 g/mol. The Kier molecular flexibility index (Phi) is 8.77. The monoisotopic (exact) mass is 459 g/mol. The molecule has 2 rings (SSSR count). The lowest BCUT2D eigenvalue weighted by atomic mass is 10.0. The number of carbonyl (C=O) groups is 3. The van der Waals surface area contributed by atoms with E-state index in [4.69, 9.17) is 11.5 Å². The first-order valence-electron chi connectivity index (χ1n) is 10.8. The van der Waals surface area contributed by atoms with E-state index in [-0.39, 0.29) is 22.2 Å². The molecule has 0 saturated heterocycles. The van der Waals surface area contributed by atoms with Crippen molar-refractivity contribution >= 4 is 40.6 Å². The summed E-state index contributed by atoms with van der Waals surface area (Å²) in [6.45, 7) is 10.5. The van der Waals surface area contributed by atoms with Gasteiger partial charge in [0, 0.05) is 12.2 Å². The zero-order valence-corrected chi connectivity index (χ0v) is 20.2. The standard InChI is InChI=1S/C23H33N5O3S/c1-6-7-17(22(30)26-11-10-13(2)3)28(16-9-8-14(4)12-15(16)5)23(31)20-18(24)19(21(25)29)27-32-20/h8-9,12-13,17H,6-7,10-11,24H2,1-5H3,(H2,25,29)(H,26,30)/t17-/m0/s1. The van der Waals surface area contributed by atoms with Crippen LogP contribution in [-0.4, -0.2) is 34.7 Å². The number of aryl methyl sites for hydroxylation is 2. The van der Waals surface area contributed by atoms with Gasteiger partial charge in [-0.25, -0.2) is 0 Å². The first-order valence-corrected chi connectivity index (χ1v) is 11.6. The molecule has 0 fully saturated rings. The van der Waals surface area contributed by atoms with Crippen LogP contribution in [0.15, 0.2) is 18.2 Å². The van der Waals surface area contributed by atoms with E-state index in [1.54, 1.807) is 0 Å². The predicted octanol–water partition coefficient (Wildman–Crippen LogP) is 3.42. The summed E-state index contributed by atoms with van der Waals surface area (Å²) < 4.78 is 3.96. The highest BCUT2D eigenvalue weighted by atomic mass is 32.1. The molecule has 3 amide bonds. The van der Waals surface area contributed by atoms with Crippen molar-refractivity contribution in [1.29, 1.82) is 0 Å². The van der Waals surface area contributed by atoms with Crippen LogP contribution in [0, 0.1) is 19.8 Å². The third-order valence-electron chi connectivity index (χ3n) is 5.18. The van der Waals surface area contributed by atoms with Crippen molar-refractivity contribution in [3.8, 4) is 0 Å².